The summed E-state index contributed by atoms with van der Waals surface area (Å²) in [4.78, 5) is 30.4. The number of Topliss-reactive ketones (excluding diaryl/α,β-unsaturated/α-hetero) is 1. The fourth-order valence-corrected chi connectivity index (χ4v) is 1.47. The van der Waals surface area contributed by atoms with Gasteiger partial charge in [-0.25, -0.2) is 9.59 Å². The first-order valence-corrected chi connectivity index (χ1v) is 10.8. The Hall–Kier alpha value is -1.36. The van der Waals surface area contributed by atoms with Gasteiger partial charge < -0.3 is 48.5 Å². The quantitative estimate of drug-likeness (QED) is 0.128. The highest BCUT2D eigenvalue weighted by Crippen LogP contribution is 1.87. The van der Waals surface area contributed by atoms with Crippen LogP contribution in [0.4, 0.5) is 0 Å². The molecule has 0 unspecified atom stereocenters. The zero-order chi connectivity index (χ0) is 26.9. The molecule has 0 rings (SSSR count). The number of methoxy groups -OCH3 is 4. The minimum atomic E-state index is -0.953. The van der Waals surface area contributed by atoms with Gasteiger partial charge in [0.1, 0.15) is 19.8 Å². The fraction of sp³-hybridized carbons (Fsp3) is 0.850. The highest BCUT2D eigenvalue weighted by Gasteiger charge is 1.99. The number of carbonyl (C=O) groups excluding carboxylic acids is 1. The molecule has 0 aliphatic carbocycles. The number of aliphatic hydroxyl groups is 1. The van der Waals surface area contributed by atoms with Gasteiger partial charge in [0, 0.05) is 34.9 Å². The van der Waals surface area contributed by atoms with Crippen molar-refractivity contribution in [2.45, 2.75) is 6.42 Å². The van der Waals surface area contributed by atoms with E-state index in [4.69, 9.17) is 24.8 Å². The molecular formula is C20H42O13S. The van der Waals surface area contributed by atoms with Crippen LogP contribution in [0.3, 0.4) is 0 Å². The molecule has 13 nitrogen and oxygen atoms in total. The Balaban J connectivity index is -0.000000182. The summed E-state index contributed by atoms with van der Waals surface area (Å²) >= 11 is 3.92. The second-order valence-electron chi connectivity index (χ2n) is 5.65. The zero-order valence-corrected chi connectivity index (χ0v) is 21.5. The van der Waals surface area contributed by atoms with Crippen molar-refractivity contribution in [1.29, 1.82) is 0 Å². The molecule has 0 heterocycles. The Morgan fingerprint density at radius 3 is 1.21 bits per heavy atom. The van der Waals surface area contributed by atoms with Gasteiger partial charge in [0.15, 0.2) is 5.78 Å². The van der Waals surface area contributed by atoms with Gasteiger partial charge in [-0.2, -0.15) is 12.6 Å². The van der Waals surface area contributed by atoms with Crippen LogP contribution in [0.25, 0.3) is 0 Å². The van der Waals surface area contributed by atoms with Crippen LogP contribution in [0.2, 0.25) is 0 Å². The third-order valence-electron chi connectivity index (χ3n) is 2.70. The van der Waals surface area contributed by atoms with E-state index in [2.05, 4.69) is 36.3 Å². The van der Waals surface area contributed by atoms with Crippen LogP contribution >= 0.6 is 12.6 Å². The minimum Gasteiger partial charge on any atom is -0.480 e. The van der Waals surface area contributed by atoms with Crippen molar-refractivity contribution in [3.8, 4) is 0 Å². The van der Waals surface area contributed by atoms with E-state index in [0.717, 1.165) is 0 Å². The molecule has 14 heteroatoms. The first-order chi connectivity index (χ1) is 16.3. The molecule has 34 heavy (non-hydrogen) atoms. The van der Waals surface area contributed by atoms with Crippen molar-refractivity contribution in [3.05, 3.63) is 0 Å². The van der Waals surface area contributed by atoms with Gasteiger partial charge in [-0.1, -0.05) is 0 Å². The summed E-state index contributed by atoms with van der Waals surface area (Å²) in [5.74, 6) is -1.22. The molecule has 0 spiro atoms. The lowest BCUT2D eigenvalue weighted by Crippen LogP contribution is -2.11. The predicted molar refractivity (Wildman–Crippen MR) is 126 cm³/mol. The van der Waals surface area contributed by atoms with E-state index >= 15 is 0 Å². The molecule has 0 atom stereocenters. The molecule has 0 saturated heterocycles. The largest absolute Gasteiger partial charge is 0.480 e. The molecule has 3 N–H and O–H groups in total. The molecule has 206 valence electrons. The SMILES string of the molecule is COCCO.COCCOCC(=O)CCS.COCCOCC(=O)O.COCCOCC(=O)O. The summed E-state index contributed by atoms with van der Waals surface area (Å²) in [5.41, 5.74) is 0. The molecule has 0 aromatic rings. The molecular weight excluding hydrogens is 480 g/mol. The van der Waals surface area contributed by atoms with Crippen LogP contribution in [0, 0.1) is 0 Å². The third-order valence-corrected chi connectivity index (χ3v) is 2.92. The summed E-state index contributed by atoms with van der Waals surface area (Å²) in [7, 11) is 6.21. The number of carbonyl (C=O) groups is 3. The van der Waals surface area contributed by atoms with Crippen molar-refractivity contribution in [2.24, 2.45) is 0 Å². The summed E-state index contributed by atoms with van der Waals surface area (Å²) in [6, 6.07) is 0. The number of hydrogen-bond acceptors (Lipinski definition) is 12. The van der Waals surface area contributed by atoms with Crippen LogP contribution in [0.1, 0.15) is 6.42 Å². The molecule has 0 amide bonds. The number of ether oxygens (including phenoxy) is 7. The molecule has 0 fully saturated rings. The van der Waals surface area contributed by atoms with Crippen LogP contribution in [0.5, 0.6) is 0 Å². The second kappa shape index (κ2) is 38.9. The number of rotatable bonds is 19. The number of carboxylic acid groups (broad SMARTS) is 2. The number of ketones is 1. The van der Waals surface area contributed by atoms with E-state index in [0.29, 0.717) is 58.4 Å². The van der Waals surface area contributed by atoms with E-state index in [1.807, 2.05) is 0 Å². The minimum absolute atomic E-state index is 0.0936. The lowest BCUT2D eigenvalue weighted by Gasteiger charge is -2.00. The summed E-state index contributed by atoms with van der Waals surface area (Å²) in [5, 5.41) is 24.0. The first kappa shape index (κ1) is 39.8. The maximum absolute atomic E-state index is 10.8. The van der Waals surface area contributed by atoms with Crippen LogP contribution in [-0.2, 0) is 47.5 Å². The van der Waals surface area contributed by atoms with Crippen molar-refractivity contribution >= 4 is 30.4 Å². The van der Waals surface area contributed by atoms with Gasteiger partial charge in [0.05, 0.1) is 52.9 Å². The number of thiol groups is 1. The lowest BCUT2D eigenvalue weighted by atomic mass is 10.3. The first-order valence-electron chi connectivity index (χ1n) is 10.1. The van der Waals surface area contributed by atoms with Crippen molar-refractivity contribution in [1.82, 2.24) is 0 Å². The Morgan fingerprint density at radius 2 is 0.971 bits per heavy atom. The average molecular weight is 523 g/mol. The lowest BCUT2D eigenvalue weighted by molar-refractivity contribution is -0.143. The Labute approximate surface area is 207 Å². The standard InChI is InChI=1S/C7H14O3S.2C5H10O4.C3H8O2/c1-9-3-4-10-6-7(8)2-5-11;2*1-8-2-3-9-4-5(6)7;1-5-3-2-4/h11H,2-6H2,1H3;2*2-4H2,1H3,(H,6,7);4H,2-3H2,1H3. The van der Waals surface area contributed by atoms with E-state index in [-0.39, 0.29) is 32.2 Å². The normalized spacial score (nSPS) is 9.47. The van der Waals surface area contributed by atoms with Crippen molar-refractivity contribution in [3.63, 3.8) is 0 Å². The van der Waals surface area contributed by atoms with Gasteiger partial charge in [0.2, 0.25) is 0 Å². The van der Waals surface area contributed by atoms with Crippen LogP contribution in [-0.4, -0.2) is 140 Å². The average Bonchev–Trinajstić information content (AvgIpc) is 2.79. The second-order valence-corrected chi connectivity index (χ2v) is 6.10. The van der Waals surface area contributed by atoms with Gasteiger partial charge >= 0.3 is 11.9 Å². The van der Waals surface area contributed by atoms with E-state index in [1.165, 1.54) is 14.2 Å². The topological polar surface area (TPSA) is 177 Å². The van der Waals surface area contributed by atoms with Gasteiger partial charge in [-0.15, -0.1) is 0 Å². The molecule has 0 radical (unpaired) electrons. The number of carboxylic acids is 2. The summed E-state index contributed by atoms with van der Waals surface area (Å²) in [6.45, 7) is 2.82. The smallest absolute Gasteiger partial charge is 0.329 e. The maximum Gasteiger partial charge on any atom is 0.329 e. The van der Waals surface area contributed by atoms with Crippen LogP contribution < -0.4 is 0 Å². The highest BCUT2D eigenvalue weighted by atomic mass is 32.1. The Bertz CT molecular complexity index is 401. The van der Waals surface area contributed by atoms with Gasteiger partial charge in [0.25, 0.3) is 0 Å². The van der Waals surface area contributed by atoms with E-state index in [1.54, 1.807) is 14.2 Å². The maximum atomic E-state index is 10.8. The third kappa shape index (κ3) is 57.5. The van der Waals surface area contributed by atoms with Gasteiger partial charge in [-0.05, 0) is 5.75 Å². The van der Waals surface area contributed by atoms with E-state index in [9.17, 15) is 14.4 Å². The monoisotopic (exact) mass is 522 g/mol. The number of hydrogen-bond donors (Lipinski definition) is 4. The Morgan fingerprint density at radius 1 is 0.618 bits per heavy atom. The van der Waals surface area contributed by atoms with Gasteiger partial charge in [-0.3, -0.25) is 4.79 Å². The molecule has 0 aliphatic heterocycles. The molecule has 0 aliphatic rings. The predicted octanol–water partition coefficient (Wildman–Crippen LogP) is -0.368. The Kier molecular flexibility index (Phi) is 45.6. The van der Waals surface area contributed by atoms with E-state index < -0.39 is 11.9 Å². The summed E-state index contributed by atoms with van der Waals surface area (Å²) < 4.78 is 32.6. The number of aliphatic hydroxyl groups excluding tert-OH is 1. The molecule has 0 aromatic heterocycles. The van der Waals surface area contributed by atoms with Crippen molar-refractivity contribution < 1.29 is 62.9 Å². The molecule has 0 saturated carbocycles. The van der Waals surface area contributed by atoms with Crippen LogP contribution in [0.15, 0.2) is 0 Å². The summed E-state index contributed by atoms with van der Waals surface area (Å²) in [6.07, 6.45) is 0.482. The zero-order valence-electron chi connectivity index (χ0n) is 20.6. The highest BCUT2D eigenvalue weighted by molar-refractivity contribution is 7.80. The molecule has 0 bridgehead atoms. The van der Waals surface area contributed by atoms with Crippen molar-refractivity contribution in [2.75, 3.05) is 107 Å². The fourth-order valence-electron chi connectivity index (χ4n) is 1.22. The molecule has 0 aromatic carbocycles. The number of aliphatic carboxylic acids is 2.